The summed E-state index contributed by atoms with van der Waals surface area (Å²) in [5.41, 5.74) is 4.39. The van der Waals surface area contributed by atoms with Crippen LogP contribution < -0.4 is 10.2 Å². The molecule has 0 radical (unpaired) electrons. The normalized spacial score (nSPS) is 21.4. The third-order valence-corrected chi connectivity index (χ3v) is 8.35. The number of anilines is 1. The number of hydrogen-bond donors (Lipinski definition) is 2. The van der Waals surface area contributed by atoms with Crippen LogP contribution in [0.25, 0.3) is 11.1 Å². The van der Waals surface area contributed by atoms with Crippen LogP contribution in [0.3, 0.4) is 0 Å². The lowest BCUT2D eigenvalue weighted by Crippen LogP contribution is -2.68. The van der Waals surface area contributed by atoms with E-state index in [-0.39, 0.29) is 5.57 Å². The monoisotopic (exact) mass is 571 g/mol. The number of pyridine rings is 2. The van der Waals surface area contributed by atoms with Crippen molar-refractivity contribution in [2.45, 2.75) is 36.6 Å². The van der Waals surface area contributed by atoms with Crippen molar-refractivity contribution in [2.75, 3.05) is 24.2 Å². The maximum absolute atomic E-state index is 13.1. The van der Waals surface area contributed by atoms with Crippen molar-refractivity contribution in [1.82, 2.24) is 30.0 Å². The molecule has 2 N–H and O–H groups in total. The van der Waals surface area contributed by atoms with Crippen LogP contribution in [0.5, 0.6) is 0 Å². The summed E-state index contributed by atoms with van der Waals surface area (Å²) in [6, 6.07) is 11.1. The Morgan fingerprint density at radius 3 is 2.71 bits per heavy atom. The first kappa shape index (κ1) is 26.9. The lowest BCUT2D eigenvalue weighted by Gasteiger charge is -2.56. The fraction of sp³-hybridized carbons (Fsp3) is 0.276. The van der Waals surface area contributed by atoms with Crippen LogP contribution >= 0.6 is 11.8 Å². The number of thioether (sulfide) groups is 1. The van der Waals surface area contributed by atoms with Crippen LogP contribution in [-0.2, 0) is 6.54 Å². The summed E-state index contributed by atoms with van der Waals surface area (Å²) >= 11 is 1.65. The third kappa shape index (κ3) is 5.26. The second-order valence-electron chi connectivity index (χ2n) is 10.1. The molecule has 3 aromatic heterocycles. The summed E-state index contributed by atoms with van der Waals surface area (Å²) in [6.07, 6.45) is 13.9. The molecule has 3 saturated heterocycles. The number of alkyl halides is 2. The Balaban J connectivity index is 1.20. The molecule has 2 bridgehead atoms. The molecule has 0 spiro atoms. The lowest BCUT2D eigenvalue weighted by atomic mass is 9.86. The first-order chi connectivity index (χ1) is 20.0. The average Bonchev–Trinajstić information content (AvgIpc) is 3.52. The number of nitriles is 1. The van der Waals surface area contributed by atoms with Gasteiger partial charge < -0.3 is 15.6 Å². The molecular formula is C29H27F2N9S. The lowest BCUT2D eigenvalue weighted by molar-refractivity contribution is -0.00875. The van der Waals surface area contributed by atoms with E-state index in [4.69, 9.17) is 10.4 Å². The zero-order valence-corrected chi connectivity index (χ0v) is 23.0. The Bertz CT molecular complexity index is 1590. The van der Waals surface area contributed by atoms with Gasteiger partial charge in [-0.2, -0.15) is 19.1 Å². The summed E-state index contributed by atoms with van der Waals surface area (Å²) in [6.45, 7) is -0.0309. The smallest absolute Gasteiger partial charge is 0.333 e. The summed E-state index contributed by atoms with van der Waals surface area (Å²) in [4.78, 5) is 14.0. The number of dihydropyridines is 1. The van der Waals surface area contributed by atoms with Crippen LogP contribution in [0, 0.1) is 16.7 Å². The van der Waals surface area contributed by atoms with Crippen molar-refractivity contribution < 1.29 is 8.78 Å². The summed E-state index contributed by atoms with van der Waals surface area (Å²) in [5.74, 6) is 0.883. The zero-order chi connectivity index (χ0) is 28.5. The molecule has 7 heterocycles. The van der Waals surface area contributed by atoms with E-state index in [0.717, 1.165) is 42.3 Å². The number of hydrogen-bond acceptors (Lipinski definition) is 9. The molecule has 208 valence electrons. The van der Waals surface area contributed by atoms with Gasteiger partial charge in [-0.3, -0.25) is 4.90 Å². The minimum Gasteiger partial charge on any atom is -0.359 e. The fourth-order valence-electron chi connectivity index (χ4n) is 5.60. The van der Waals surface area contributed by atoms with Gasteiger partial charge in [0, 0.05) is 85.0 Å². The number of rotatable bonds is 8. The molecule has 0 amide bonds. The van der Waals surface area contributed by atoms with Crippen LogP contribution in [-0.4, -0.2) is 62.3 Å². The molecule has 4 aliphatic rings. The van der Waals surface area contributed by atoms with Crippen LogP contribution in [0.1, 0.15) is 29.7 Å². The van der Waals surface area contributed by atoms with Gasteiger partial charge in [-0.05, 0) is 48.6 Å². The SMILES string of the molecule is CSc1cc(CN2C3CC2CN(c2ccc(C4=CC(c5cnn(C(F)F)c5)=CN/C4=C(/C#N)C=N)cn2)C3)ccn1. The van der Waals surface area contributed by atoms with E-state index >= 15 is 0 Å². The van der Waals surface area contributed by atoms with Crippen molar-refractivity contribution in [1.29, 1.82) is 10.7 Å². The minimum absolute atomic E-state index is 0.147. The summed E-state index contributed by atoms with van der Waals surface area (Å²) < 4.78 is 26.7. The molecule has 0 aliphatic carbocycles. The van der Waals surface area contributed by atoms with E-state index < -0.39 is 6.55 Å². The molecule has 2 atom stereocenters. The number of nitrogens with one attached hydrogen (secondary N) is 2. The topological polar surface area (TPSA) is 110 Å². The van der Waals surface area contributed by atoms with Gasteiger partial charge in [0.2, 0.25) is 0 Å². The molecule has 2 unspecified atom stereocenters. The van der Waals surface area contributed by atoms with Crippen molar-refractivity contribution >= 4 is 34.9 Å². The number of halogens is 2. The number of nitrogens with zero attached hydrogens (tertiary/aromatic N) is 7. The van der Waals surface area contributed by atoms with Crippen molar-refractivity contribution in [3.63, 3.8) is 0 Å². The van der Waals surface area contributed by atoms with Gasteiger partial charge in [-0.15, -0.1) is 11.8 Å². The molecule has 3 fully saturated rings. The highest BCUT2D eigenvalue weighted by molar-refractivity contribution is 7.98. The molecule has 0 aromatic carbocycles. The Morgan fingerprint density at radius 2 is 2.05 bits per heavy atom. The predicted octanol–water partition coefficient (Wildman–Crippen LogP) is 4.71. The number of piperazine rings is 1. The molecule has 3 aromatic rings. The van der Waals surface area contributed by atoms with Crippen molar-refractivity contribution in [3.05, 3.63) is 89.3 Å². The molecule has 7 rings (SSSR count). The van der Waals surface area contributed by atoms with Gasteiger partial charge in [0.25, 0.3) is 0 Å². The largest absolute Gasteiger partial charge is 0.359 e. The maximum atomic E-state index is 13.1. The van der Waals surface area contributed by atoms with Crippen LogP contribution in [0.15, 0.2) is 77.6 Å². The fourth-order valence-corrected chi connectivity index (χ4v) is 6.04. The van der Waals surface area contributed by atoms with Gasteiger partial charge in [-0.1, -0.05) is 0 Å². The summed E-state index contributed by atoms with van der Waals surface area (Å²) in [5, 5.41) is 25.1. The van der Waals surface area contributed by atoms with Gasteiger partial charge in [-0.25, -0.2) is 14.6 Å². The highest BCUT2D eigenvalue weighted by atomic mass is 32.2. The Hall–Kier alpha value is -4.34. The highest BCUT2D eigenvalue weighted by Crippen LogP contribution is 2.37. The molecular weight excluding hydrogens is 544 g/mol. The van der Waals surface area contributed by atoms with Gasteiger partial charge in [0.1, 0.15) is 11.9 Å². The highest BCUT2D eigenvalue weighted by Gasteiger charge is 2.44. The quantitative estimate of drug-likeness (QED) is 0.227. The van der Waals surface area contributed by atoms with E-state index in [2.05, 4.69) is 37.3 Å². The first-order valence-electron chi connectivity index (χ1n) is 13.1. The molecule has 41 heavy (non-hydrogen) atoms. The van der Waals surface area contributed by atoms with E-state index in [0.29, 0.717) is 39.2 Å². The second-order valence-corrected chi connectivity index (χ2v) is 10.9. The summed E-state index contributed by atoms with van der Waals surface area (Å²) in [7, 11) is 0. The van der Waals surface area contributed by atoms with Gasteiger partial charge >= 0.3 is 6.55 Å². The molecule has 12 heteroatoms. The van der Waals surface area contributed by atoms with Crippen LogP contribution in [0.4, 0.5) is 14.6 Å². The molecule has 0 saturated carbocycles. The number of fused-ring (bicyclic) bond motifs is 2. The van der Waals surface area contributed by atoms with E-state index in [9.17, 15) is 14.0 Å². The second kappa shape index (κ2) is 11.3. The Labute approximate surface area is 240 Å². The van der Waals surface area contributed by atoms with E-state index in [1.807, 2.05) is 30.7 Å². The standard InChI is InChI=1S/C29H27F2N9S/c1-41-27-6-18(4-5-34-27)14-39-23-8-24(39)17-38(16-23)26-3-2-19(11-35-26)25-7-20(12-36-28(25)21(9-32)10-33)22-13-37-40(15-22)29(30)31/h2-7,9,11-13,15,23-24,29,32,36H,8,14,16-17H2,1H3/b28-21+,32-9?. The number of piperidine rings is 1. The third-order valence-electron chi connectivity index (χ3n) is 7.71. The average molecular weight is 572 g/mol. The zero-order valence-electron chi connectivity index (χ0n) is 22.2. The van der Waals surface area contributed by atoms with E-state index in [1.54, 1.807) is 30.2 Å². The predicted molar refractivity (Wildman–Crippen MR) is 154 cm³/mol. The maximum Gasteiger partial charge on any atom is 0.333 e. The van der Waals surface area contributed by atoms with Gasteiger partial charge in [0.15, 0.2) is 0 Å². The number of allylic oxidation sites excluding steroid dienone is 4. The van der Waals surface area contributed by atoms with Crippen molar-refractivity contribution in [2.24, 2.45) is 0 Å². The Kier molecular flexibility index (Phi) is 7.38. The number of aromatic nitrogens is 4. The Morgan fingerprint density at radius 1 is 1.22 bits per heavy atom. The van der Waals surface area contributed by atoms with Crippen LogP contribution in [0.2, 0.25) is 0 Å². The first-order valence-corrected chi connectivity index (χ1v) is 14.3. The van der Waals surface area contributed by atoms with E-state index in [1.165, 1.54) is 24.4 Å². The van der Waals surface area contributed by atoms with Gasteiger partial charge in [0.05, 0.1) is 22.5 Å². The van der Waals surface area contributed by atoms with Crippen molar-refractivity contribution in [3.8, 4) is 6.07 Å². The molecule has 4 aliphatic heterocycles. The molecule has 9 nitrogen and oxygen atoms in total. The minimum atomic E-state index is -2.74.